The summed E-state index contributed by atoms with van der Waals surface area (Å²) in [6.07, 6.45) is 0.910. The van der Waals surface area contributed by atoms with Gasteiger partial charge in [0.15, 0.2) is 0 Å². The molecule has 0 unspecified atom stereocenters. The van der Waals surface area contributed by atoms with Gasteiger partial charge in [-0.3, -0.25) is 4.79 Å². The molecule has 1 aromatic carbocycles. The molecule has 3 N–H and O–H groups in total. The van der Waals surface area contributed by atoms with Crippen molar-refractivity contribution in [2.75, 3.05) is 18.5 Å². The number of primary amides is 1. The van der Waals surface area contributed by atoms with E-state index in [0.717, 1.165) is 0 Å². The minimum atomic E-state index is -0.902. The lowest BCUT2D eigenvalue weighted by molar-refractivity contribution is -0.125. The first-order valence-corrected chi connectivity index (χ1v) is 5.54. The molecule has 2 rings (SSSR count). The molecule has 1 heterocycles. The van der Waals surface area contributed by atoms with Crippen LogP contribution in [0.4, 0.5) is 10.1 Å². The van der Waals surface area contributed by atoms with Crippen LogP contribution in [0.1, 0.15) is 12.8 Å². The minimum Gasteiger partial charge on any atom is -0.381 e. The summed E-state index contributed by atoms with van der Waals surface area (Å²) in [6, 6.07) is 6.24. The number of rotatable bonds is 3. The van der Waals surface area contributed by atoms with Gasteiger partial charge >= 0.3 is 0 Å². The molecular weight excluding hydrogens is 223 g/mol. The lowest BCUT2D eigenvalue weighted by Crippen LogP contribution is -2.54. The molecule has 1 aliphatic rings. The summed E-state index contributed by atoms with van der Waals surface area (Å²) in [4.78, 5) is 11.6. The van der Waals surface area contributed by atoms with E-state index >= 15 is 0 Å². The van der Waals surface area contributed by atoms with E-state index in [9.17, 15) is 9.18 Å². The van der Waals surface area contributed by atoms with E-state index in [1.807, 2.05) is 0 Å². The number of hydrogen-bond donors (Lipinski definition) is 2. The highest BCUT2D eigenvalue weighted by Gasteiger charge is 2.38. The summed E-state index contributed by atoms with van der Waals surface area (Å²) >= 11 is 0. The van der Waals surface area contributed by atoms with Crippen molar-refractivity contribution in [2.45, 2.75) is 18.4 Å². The topological polar surface area (TPSA) is 64.4 Å². The molecule has 0 bridgehead atoms. The monoisotopic (exact) mass is 238 g/mol. The van der Waals surface area contributed by atoms with E-state index in [-0.39, 0.29) is 5.82 Å². The van der Waals surface area contributed by atoms with E-state index < -0.39 is 11.4 Å². The number of carbonyl (C=O) groups is 1. The van der Waals surface area contributed by atoms with Gasteiger partial charge in [0.25, 0.3) is 0 Å². The molecule has 0 atom stereocenters. The van der Waals surface area contributed by atoms with Crippen molar-refractivity contribution in [3.05, 3.63) is 30.1 Å². The molecule has 0 spiro atoms. The number of ether oxygens (including phenoxy) is 1. The number of nitrogens with one attached hydrogen (secondary N) is 1. The zero-order chi connectivity index (χ0) is 12.3. The number of para-hydroxylation sites is 1. The van der Waals surface area contributed by atoms with Gasteiger partial charge in [-0.15, -0.1) is 0 Å². The first-order valence-electron chi connectivity index (χ1n) is 5.54. The zero-order valence-corrected chi connectivity index (χ0v) is 9.41. The number of anilines is 1. The van der Waals surface area contributed by atoms with Gasteiger partial charge in [0.1, 0.15) is 11.4 Å². The molecule has 0 aliphatic carbocycles. The van der Waals surface area contributed by atoms with Crippen molar-refractivity contribution >= 4 is 11.6 Å². The van der Waals surface area contributed by atoms with Crippen LogP contribution in [-0.2, 0) is 9.53 Å². The summed E-state index contributed by atoms with van der Waals surface area (Å²) in [5.41, 5.74) is 4.82. The third-order valence-electron chi connectivity index (χ3n) is 3.07. The van der Waals surface area contributed by atoms with Crippen LogP contribution in [0.5, 0.6) is 0 Å². The van der Waals surface area contributed by atoms with Gasteiger partial charge in [-0.2, -0.15) is 0 Å². The second-order valence-corrected chi connectivity index (χ2v) is 4.16. The van der Waals surface area contributed by atoms with Gasteiger partial charge in [0.2, 0.25) is 5.91 Å². The molecule has 17 heavy (non-hydrogen) atoms. The fourth-order valence-electron chi connectivity index (χ4n) is 1.97. The Morgan fingerprint density at radius 3 is 2.59 bits per heavy atom. The van der Waals surface area contributed by atoms with Crippen LogP contribution in [0.2, 0.25) is 0 Å². The molecule has 1 aliphatic heterocycles. The molecule has 1 saturated heterocycles. The Bertz CT molecular complexity index is 417. The van der Waals surface area contributed by atoms with Crippen LogP contribution in [0.25, 0.3) is 0 Å². The van der Waals surface area contributed by atoms with Crippen molar-refractivity contribution in [1.82, 2.24) is 0 Å². The number of halogens is 1. The van der Waals surface area contributed by atoms with Gasteiger partial charge in [-0.05, 0) is 12.1 Å². The van der Waals surface area contributed by atoms with E-state index in [1.165, 1.54) is 6.07 Å². The number of hydrogen-bond acceptors (Lipinski definition) is 3. The third kappa shape index (κ3) is 2.39. The van der Waals surface area contributed by atoms with Crippen LogP contribution in [0.15, 0.2) is 24.3 Å². The molecular formula is C12H15FN2O2. The number of benzene rings is 1. The van der Waals surface area contributed by atoms with Crippen LogP contribution < -0.4 is 11.1 Å². The summed E-state index contributed by atoms with van der Waals surface area (Å²) in [6.45, 7) is 0.898. The Kier molecular flexibility index (Phi) is 3.28. The Morgan fingerprint density at radius 2 is 2.00 bits per heavy atom. The normalized spacial score (nSPS) is 18.6. The van der Waals surface area contributed by atoms with Crippen LogP contribution >= 0.6 is 0 Å². The highest BCUT2D eigenvalue weighted by Crippen LogP contribution is 2.27. The van der Waals surface area contributed by atoms with E-state index in [2.05, 4.69) is 5.32 Å². The Balaban J connectivity index is 2.24. The van der Waals surface area contributed by atoms with E-state index in [0.29, 0.717) is 31.7 Å². The summed E-state index contributed by atoms with van der Waals surface area (Å²) in [5, 5.41) is 2.93. The van der Waals surface area contributed by atoms with Gasteiger partial charge in [0.05, 0.1) is 5.69 Å². The fraction of sp³-hybridized carbons (Fsp3) is 0.417. The highest BCUT2D eigenvalue weighted by atomic mass is 19.1. The molecule has 0 aromatic heterocycles. The van der Waals surface area contributed by atoms with E-state index in [1.54, 1.807) is 18.2 Å². The van der Waals surface area contributed by atoms with Gasteiger partial charge in [-0.25, -0.2) is 4.39 Å². The standard InChI is InChI=1S/C12H15FN2O2/c13-9-3-1-2-4-10(9)15-12(11(14)16)5-7-17-8-6-12/h1-4,15H,5-8H2,(H2,14,16). The predicted octanol–water partition coefficient (Wildman–Crippen LogP) is 1.27. The highest BCUT2D eigenvalue weighted by molar-refractivity contribution is 5.88. The number of amides is 1. The third-order valence-corrected chi connectivity index (χ3v) is 3.07. The molecule has 92 valence electrons. The number of nitrogens with two attached hydrogens (primary N) is 1. The fourth-order valence-corrected chi connectivity index (χ4v) is 1.97. The van der Waals surface area contributed by atoms with Crippen molar-refractivity contribution in [3.8, 4) is 0 Å². The van der Waals surface area contributed by atoms with Crippen molar-refractivity contribution in [3.63, 3.8) is 0 Å². The quantitative estimate of drug-likeness (QED) is 0.833. The van der Waals surface area contributed by atoms with Gasteiger partial charge in [-0.1, -0.05) is 12.1 Å². The summed E-state index contributed by atoms with van der Waals surface area (Å²) in [7, 11) is 0. The Morgan fingerprint density at radius 1 is 1.35 bits per heavy atom. The SMILES string of the molecule is NC(=O)C1(Nc2ccccc2F)CCOCC1. The van der Waals surface area contributed by atoms with Crippen LogP contribution in [0, 0.1) is 5.82 Å². The van der Waals surface area contributed by atoms with Crippen LogP contribution in [-0.4, -0.2) is 24.7 Å². The maximum atomic E-state index is 13.5. The molecule has 1 amide bonds. The average molecular weight is 238 g/mol. The lowest BCUT2D eigenvalue weighted by atomic mass is 9.89. The Labute approximate surface area is 98.9 Å². The number of carbonyl (C=O) groups excluding carboxylic acids is 1. The predicted molar refractivity (Wildman–Crippen MR) is 62.0 cm³/mol. The molecule has 0 saturated carbocycles. The minimum absolute atomic E-state index is 0.299. The maximum absolute atomic E-state index is 13.5. The lowest BCUT2D eigenvalue weighted by Gasteiger charge is -2.35. The van der Waals surface area contributed by atoms with Crippen molar-refractivity contribution in [2.24, 2.45) is 5.73 Å². The van der Waals surface area contributed by atoms with Gasteiger partial charge < -0.3 is 15.8 Å². The first-order chi connectivity index (χ1) is 8.14. The molecule has 5 heteroatoms. The van der Waals surface area contributed by atoms with Crippen molar-refractivity contribution in [1.29, 1.82) is 0 Å². The van der Waals surface area contributed by atoms with E-state index in [4.69, 9.17) is 10.5 Å². The first kappa shape index (κ1) is 11.9. The smallest absolute Gasteiger partial charge is 0.243 e. The Hall–Kier alpha value is -1.62. The van der Waals surface area contributed by atoms with Crippen molar-refractivity contribution < 1.29 is 13.9 Å². The summed E-state index contributed by atoms with van der Waals surface area (Å²) < 4.78 is 18.7. The van der Waals surface area contributed by atoms with Crippen LogP contribution in [0.3, 0.4) is 0 Å². The molecule has 0 radical (unpaired) electrons. The zero-order valence-electron chi connectivity index (χ0n) is 9.41. The second kappa shape index (κ2) is 4.71. The van der Waals surface area contributed by atoms with Gasteiger partial charge in [0, 0.05) is 26.1 Å². The molecule has 4 nitrogen and oxygen atoms in total. The summed E-state index contributed by atoms with van der Waals surface area (Å²) in [5.74, 6) is -0.858. The second-order valence-electron chi connectivity index (χ2n) is 4.16. The molecule has 1 fully saturated rings. The average Bonchev–Trinajstić information content (AvgIpc) is 2.33. The largest absolute Gasteiger partial charge is 0.381 e. The maximum Gasteiger partial charge on any atom is 0.243 e. The molecule has 1 aromatic rings.